The largest absolute Gasteiger partial charge is 1.00 e. The zero-order valence-electron chi connectivity index (χ0n) is 10.2. The van der Waals surface area contributed by atoms with E-state index < -0.39 is 0 Å². The molecule has 0 spiro atoms. The molecule has 17 heavy (non-hydrogen) atoms. The summed E-state index contributed by atoms with van der Waals surface area (Å²) in [4.78, 5) is 0. The molecule has 0 aromatic heterocycles. The molecule has 0 bridgehead atoms. The molecule has 0 saturated heterocycles. The van der Waals surface area contributed by atoms with Gasteiger partial charge in [0.1, 0.15) is 25.3 Å². The Labute approximate surface area is 122 Å². The molecule has 1 aromatic carbocycles. The second kappa shape index (κ2) is 8.25. The Morgan fingerprint density at radius 1 is 0.824 bits per heavy atom. The third-order valence-corrected chi connectivity index (χ3v) is 2.74. The van der Waals surface area contributed by atoms with Crippen LogP contribution < -0.4 is 28.5 Å². The van der Waals surface area contributed by atoms with Crippen LogP contribution in [0.4, 0.5) is 5.69 Å². The van der Waals surface area contributed by atoms with E-state index in [-0.39, 0.29) is 24.0 Å². The lowest BCUT2D eigenvalue weighted by molar-refractivity contribution is -0.00000332. The molecule has 0 N–H and O–H groups in total. The molecule has 0 saturated carbocycles. The predicted octanol–water partition coefficient (Wildman–Crippen LogP) is 0.556. The average Bonchev–Trinajstić information content (AvgIpc) is 2.31. The van der Waals surface area contributed by atoms with Gasteiger partial charge in [-0.3, -0.25) is 4.48 Å². The van der Waals surface area contributed by atoms with Crippen molar-refractivity contribution >= 4 is 5.69 Å². The molecule has 0 atom stereocenters. The third kappa shape index (κ3) is 4.13. The van der Waals surface area contributed by atoms with Gasteiger partial charge in [-0.25, -0.2) is 0 Å². The Bertz CT molecular complexity index is 330. The first kappa shape index (κ1) is 16.1. The number of nitrogens with zero attached hydrogens (tertiary/aromatic N) is 1. The molecule has 1 nitrogen and oxygen atoms in total. The normalized spacial score (nSPS) is 10.1. The fourth-order valence-corrected chi connectivity index (χ4v) is 2.03. The maximum absolute atomic E-state index is 3.85. The summed E-state index contributed by atoms with van der Waals surface area (Å²) < 4.78 is 0.817. The molecule has 2 heteroatoms. The van der Waals surface area contributed by atoms with Crippen LogP contribution in [-0.2, 0) is 0 Å². The SMILES string of the molecule is C=CC[N+](CC=C)(CC=C)c1ccccc1.[I-]. The molecular formula is C15H20IN. The predicted molar refractivity (Wildman–Crippen MR) is 73.4 cm³/mol. The number of hydrogen-bond donors (Lipinski definition) is 0. The van der Waals surface area contributed by atoms with Crippen LogP contribution in [0.15, 0.2) is 68.3 Å². The second-order valence-corrected chi connectivity index (χ2v) is 3.89. The summed E-state index contributed by atoms with van der Waals surface area (Å²) in [5.41, 5.74) is 1.28. The van der Waals surface area contributed by atoms with Gasteiger partial charge in [0.05, 0.1) is 0 Å². The van der Waals surface area contributed by atoms with E-state index in [4.69, 9.17) is 0 Å². The van der Waals surface area contributed by atoms with Crippen LogP contribution in [0.3, 0.4) is 0 Å². The van der Waals surface area contributed by atoms with Crippen molar-refractivity contribution in [3.63, 3.8) is 0 Å². The number of para-hydroxylation sites is 1. The topological polar surface area (TPSA) is 0 Å². The molecular weight excluding hydrogens is 321 g/mol. The van der Waals surface area contributed by atoms with Gasteiger partial charge in [0, 0.05) is 0 Å². The van der Waals surface area contributed by atoms with E-state index in [1.807, 2.05) is 24.3 Å². The van der Waals surface area contributed by atoms with Crippen LogP contribution in [0.2, 0.25) is 0 Å². The van der Waals surface area contributed by atoms with E-state index >= 15 is 0 Å². The Morgan fingerprint density at radius 2 is 1.24 bits per heavy atom. The Hall–Kier alpha value is -0.870. The highest BCUT2D eigenvalue weighted by Crippen LogP contribution is 2.22. The summed E-state index contributed by atoms with van der Waals surface area (Å²) in [6.45, 7) is 14.2. The van der Waals surface area contributed by atoms with E-state index in [0.717, 1.165) is 24.1 Å². The highest BCUT2D eigenvalue weighted by Gasteiger charge is 2.25. The van der Waals surface area contributed by atoms with Crippen LogP contribution in [0.25, 0.3) is 0 Å². The summed E-state index contributed by atoms with van der Waals surface area (Å²) in [5.74, 6) is 0. The van der Waals surface area contributed by atoms with Gasteiger partial charge >= 0.3 is 0 Å². The maximum Gasteiger partial charge on any atom is 0.133 e. The van der Waals surface area contributed by atoms with Crippen molar-refractivity contribution < 1.29 is 24.0 Å². The minimum absolute atomic E-state index is 0. The molecule has 92 valence electrons. The van der Waals surface area contributed by atoms with Crippen molar-refractivity contribution in [1.29, 1.82) is 0 Å². The van der Waals surface area contributed by atoms with Crippen molar-refractivity contribution in [2.24, 2.45) is 0 Å². The first-order chi connectivity index (χ1) is 7.79. The molecule has 0 aliphatic carbocycles. The van der Waals surface area contributed by atoms with E-state index in [1.54, 1.807) is 0 Å². The first-order valence-electron chi connectivity index (χ1n) is 5.53. The average molecular weight is 341 g/mol. The van der Waals surface area contributed by atoms with Crippen molar-refractivity contribution in [3.05, 3.63) is 68.3 Å². The minimum atomic E-state index is 0. The van der Waals surface area contributed by atoms with Gasteiger partial charge in [0.15, 0.2) is 0 Å². The second-order valence-electron chi connectivity index (χ2n) is 3.89. The standard InChI is InChI=1S/C15H20N.HI/c1-4-12-16(13-5-2,14-6-3)15-10-8-7-9-11-15;/h4-11H,1-3,12-14H2;1H/q+1;/p-1. The molecule has 0 heterocycles. The quantitative estimate of drug-likeness (QED) is 0.386. The number of quaternary nitrogens is 1. The minimum Gasteiger partial charge on any atom is -1.00 e. The van der Waals surface area contributed by atoms with Gasteiger partial charge in [-0.2, -0.15) is 0 Å². The lowest BCUT2D eigenvalue weighted by Crippen LogP contribution is -3.00. The van der Waals surface area contributed by atoms with Gasteiger partial charge in [0.2, 0.25) is 0 Å². The molecule has 1 rings (SSSR count). The van der Waals surface area contributed by atoms with E-state index in [2.05, 4.69) is 44.0 Å². The number of benzene rings is 1. The highest BCUT2D eigenvalue weighted by atomic mass is 127. The van der Waals surface area contributed by atoms with Crippen molar-refractivity contribution in [1.82, 2.24) is 4.48 Å². The molecule has 0 radical (unpaired) electrons. The summed E-state index contributed by atoms with van der Waals surface area (Å²) in [5, 5.41) is 0. The number of hydrogen-bond acceptors (Lipinski definition) is 0. The summed E-state index contributed by atoms with van der Waals surface area (Å²) in [6.07, 6.45) is 5.88. The van der Waals surface area contributed by atoms with Crippen LogP contribution in [0.1, 0.15) is 0 Å². The Kier molecular flexibility index (Phi) is 7.83. The van der Waals surface area contributed by atoms with Gasteiger partial charge in [-0.05, 0) is 30.4 Å². The molecule has 0 unspecified atom stereocenters. The molecule has 0 amide bonds. The lowest BCUT2D eigenvalue weighted by atomic mass is 10.2. The van der Waals surface area contributed by atoms with Crippen molar-refractivity contribution in [3.8, 4) is 0 Å². The summed E-state index contributed by atoms with van der Waals surface area (Å²) in [7, 11) is 0. The monoisotopic (exact) mass is 341 g/mol. The van der Waals surface area contributed by atoms with E-state index in [0.29, 0.717) is 0 Å². The Morgan fingerprint density at radius 3 is 1.59 bits per heavy atom. The van der Waals surface area contributed by atoms with Crippen molar-refractivity contribution in [2.45, 2.75) is 0 Å². The first-order valence-corrected chi connectivity index (χ1v) is 5.53. The number of rotatable bonds is 7. The molecule has 0 aliphatic rings. The van der Waals surface area contributed by atoms with E-state index in [1.165, 1.54) is 5.69 Å². The van der Waals surface area contributed by atoms with Crippen molar-refractivity contribution in [2.75, 3.05) is 19.6 Å². The summed E-state index contributed by atoms with van der Waals surface area (Å²) in [6, 6.07) is 10.5. The van der Waals surface area contributed by atoms with Crippen LogP contribution in [0.5, 0.6) is 0 Å². The zero-order valence-corrected chi connectivity index (χ0v) is 12.3. The maximum atomic E-state index is 3.85. The fraction of sp³-hybridized carbons (Fsp3) is 0.200. The highest BCUT2D eigenvalue weighted by molar-refractivity contribution is 5.44. The fourth-order valence-electron chi connectivity index (χ4n) is 2.03. The molecule has 1 aromatic rings. The summed E-state index contributed by atoms with van der Waals surface area (Å²) >= 11 is 0. The van der Waals surface area contributed by atoms with Gasteiger partial charge in [-0.1, -0.05) is 37.9 Å². The van der Waals surface area contributed by atoms with Crippen LogP contribution in [-0.4, -0.2) is 19.6 Å². The van der Waals surface area contributed by atoms with Crippen LogP contribution >= 0.6 is 0 Å². The van der Waals surface area contributed by atoms with Gasteiger partial charge in [-0.15, -0.1) is 0 Å². The third-order valence-electron chi connectivity index (χ3n) is 2.74. The zero-order chi connectivity index (χ0) is 11.9. The smallest absolute Gasteiger partial charge is 0.133 e. The van der Waals surface area contributed by atoms with Gasteiger partial charge < -0.3 is 24.0 Å². The van der Waals surface area contributed by atoms with E-state index in [9.17, 15) is 0 Å². The van der Waals surface area contributed by atoms with Gasteiger partial charge in [0.25, 0.3) is 0 Å². The van der Waals surface area contributed by atoms with Crippen LogP contribution in [0, 0.1) is 0 Å². The number of halogens is 1. The Balaban J connectivity index is 0.00000256. The lowest BCUT2D eigenvalue weighted by Gasteiger charge is -2.35. The molecule has 0 aliphatic heterocycles. The molecule has 0 fully saturated rings.